The fraction of sp³-hybridized carbons (Fsp3) is 0.765. The Morgan fingerprint density at radius 3 is 2.52 bits per heavy atom. The molecule has 1 aromatic rings. The number of thiophene rings is 1. The van der Waals surface area contributed by atoms with Crippen molar-refractivity contribution in [3.63, 3.8) is 0 Å². The van der Waals surface area contributed by atoms with Crippen LogP contribution >= 0.6 is 11.3 Å². The molecule has 21 heavy (non-hydrogen) atoms. The molecule has 1 aromatic heterocycles. The molecule has 0 unspecified atom stereocenters. The second kappa shape index (κ2) is 10.3. The van der Waals surface area contributed by atoms with E-state index in [2.05, 4.69) is 50.1 Å². The molecule has 0 radical (unpaired) electrons. The van der Waals surface area contributed by atoms with Crippen LogP contribution in [0.4, 0.5) is 0 Å². The Kier molecular flexibility index (Phi) is 9.16. The van der Waals surface area contributed by atoms with Crippen LogP contribution in [-0.2, 0) is 11.3 Å². The molecule has 0 spiro atoms. The normalized spacial score (nSPS) is 13.5. The predicted molar refractivity (Wildman–Crippen MR) is 90.7 cm³/mol. The largest absolute Gasteiger partial charge is 0.389 e. The summed E-state index contributed by atoms with van der Waals surface area (Å²) in [7, 11) is 0. The molecule has 1 atom stereocenters. The molecule has 0 fully saturated rings. The van der Waals surface area contributed by atoms with Crippen LogP contribution in [0.1, 0.15) is 39.0 Å². The Morgan fingerprint density at radius 2 is 1.95 bits per heavy atom. The highest BCUT2D eigenvalue weighted by Gasteiger charge is 2.14. The summed E-state index contributed by atoms with van der Waals surface area (Å²) in [5.74, 6) is 1.20. The van der Waals surface area contributed by atoms with Crippen molar-refractivity contribution in [3.8, 4) is 0 Å². The van der Waals surface area contributed by atoms with Crippen molar-refractivity contribution in [2.75, 3.05) is 26.3 Å². The average molecular weight is 314 g/mol. The molecule has 1 rings (SSSR count). The molecule has 0 saturated carbocycles. The van der Waals surface area contributed by atoms with Crippen molar-refractivity contribution in [2.24, 2.45) is 11.8 Å². The maximum Gasteiger partial charge on any atom is 0.0900 e. The van der Waals surface area contributed by atoms with E-state index in [4.69, 9.17) is 4.74 Å². The number of hydrogen-bond donors (Lipinski definition) is 1. The Morgan fingerprint density at radius 1 is 1.19 bits per heavy atom. The van der Waals surface area contributed by atoms with Gasteiger partial charge in [-0.25, -0.2) is 0 Å². The van der Waals surface area contributed by atoms with E-state index < -0.39 is 6.10 Å². The van der Waals surface area contributed by atoms with Gasteiger partial charge in [0.1, 0.15) is 0 Å². The predicted octanol–water partition coefficient (Wildman–Crippen LogP) is 3.63. The first kappa shape index (κ1) is 18.6. The lowest BCUT2D eigenvalue weighted by Crippen LogP contribution is -2.35. The van der Waals surface area contributed by atoms with Gasteiger partial charge in [-0.3, -0.25) is 4.90 Å². The minimum Gasteiger partial charge on any atom is -0.389 e. The first-order chi connectivity index (χ1) is 9.97. The van der Waals surface area contributed by atoms with Crippen LogP contribution in [0, 0.1) is 11.8 Å². The molecule has 0 saturated heterocycles. The Bertz CT molecular complexity index is 352. The minimum absolute atomic E-state index is 0.407. The molecule has 1 heterocycles. The van der Waals surface area contributed by atoms with Gasteiger partial charge in [-0.05, 0) is 36.2 Å². The smallest absolute Gasteiger partial charge is 0.0900 e. The highest BCUT2D eigenvalue weighted by atomic mass is 32.1. The Labute approximate surface area is 133 Å². The molecule has 3 nitrogen and oxygen atoms in total. The zero-order chi connectivity index (χ0) is 15.7. The molecule has 0 amide bonds. The van der Waals surface area contributed by atoms with E-state index >= 15 is 0 Å². The van der Waals surface area contributed by atoms with Crippen LogP contribution in [0.5, 0.6) is 0 Å². The van der Waals surface area contributed by atoms with Crippen LogP contribution in [0.2, 0.25) is 0 Å². The third-order valence-electron chi connectivity index (χ3n) is 3.21. The van der Waals surface area contributed by atoms with E-state index in [-0.39, 0.29) is 0 Å². The standard InChI is InChI=1S/C17H31NO2S/c1-14(2)7-8-18(11-17-6-5-9-21-17)10-16(19)13-20-12-15(3)4/h5-6,9,14-16,19H,7-8,10-13H2,1-4H3/t16-/m0/s1. The molecular formula is C17H31NO2S. The van der Waals surface area contributed by atoms with E-state index in [1.54, 1.807) is 11.3 Å². The summed E-state index contributed by atoms with van der Waals surface area (Å²) in [5, 5.41) is 12.3. The molecule has 0 aromatic carbocycles. The van der Waals surface area contributed by atoms with Crippen LogP contribution < -0.4 is 0 Å². The van der Waals surface area contributed by atoms with Crippen molar-refractivity contribution < 1.29 is 9.84 Å². The lowest BCUT2D eigenvalue weighted by molar-refractivity contribution is 0.00643. The molecule has 0 aliphatic rings. The lowest BCUT2D eigenvalue weighted by atomic mass is 10.1. The fourth-order valence-corrected chi connectivity index (χ4v) is 2.84. The summed E-state index contributed by atoms with van der Waals surface area (Å²) >= 11 is 1.78. The van der Waals surface area contributed by atoms with E-state index in [0.29, 0.717) is 31.6 Å². The third kappa shape index (κ3) is 9.25. The molecule has 0 aliphatic carbocycles. The van der Waals surface area contributed by atoms with Crippen molar-refractivity contribution in [3.05, 3.63) is 22.4 Å². The maximum absolute atomic E-state index is 10.2. The van der Waals surface area contributed by atoms with Gasteiger partial charge in [0.2, 0.25) is 0 Å². The van der Waals surface area contributed by atoms with E-state index in [9.17, 15) is 5.11 Å². The van der Waals surface area contributed by atoms with Gasteiger partial charge < -0.3 is 9.84 Å². The van der Waals surface area contributed by atoms with Crippen LogP contribution in [0.3, 0.4) is 0 Å². The van der Waals surface area contributed by atoms with Gasteiger partial charge >= 0.3 is 0 Å². The zero-order valence-corrected chi connectivity index (χ0v) is 14.7. The molecular weight excluding hydrogens is 282 g/mol. The van der Waals surface area contributed by atoms with Crippen LogP contribution in [0.25, 0.3) is 0 Å². The lowest BCUT2D eigenvalue weighted by Gasteiger charge is -2.25. The van der Waals surface area contributed by atoms with Gasteiger partial charge in [0, 0.05) is 24.6 Å². The number of aliphatic hydroxyl groups excluding tert-OH is 1. The highest BCUT2D eigenvalue weighted by molar-refractivity contribution is 7.09. The molecule has 0 bridgehead atoms. The van der Waals surface area contributed by atoms with Gasteiger partial charge in [-0.1, -0.05) is 33.8 Å². The second-order valence-corrected chi connectivity index (χ2v) is 7.61. The summed E-state index contributed by atoms with van der Waals surface area (Å²) in [5.41, 5.74) is 0. The third-order valence-corrected chi connectivity index (χ3v) is 4.07. The molecule has 0 aliphatic heterocycles. The van der Waals surface area contributed by atoms with Gasteiger partial charge in [0.15, 0.2) is 0 Å². The summed E-state index contributed by atoms with van der Waals surface area (Å²) in [6.07, 6.45) is 0.751. The monoisotopic (exact) mass is 313 g/mol. The summed E-state index contributed by atoms with van der Waals surface area (Å²) < 4.78 is 5.54. The van der Waals surface area contributed by atoms with Crippen LogP contribution in [-0.4, -0.2) is 42.4 Å². The number of aliphatic hydroxyl groups is 1. The summed E-state index contributed by atoms with van der Waals surface area (Å²) in [6.45, 7) is 12.5. The first-order valence-corrected chi connectivity index (χ1v) is 8.86. The topological polar surface area (TPSA) is 32.7 Å². The zero-order valence-electron chi connectivity index (χ0n) is 13.9. The van der Waals surface area contributed by atoms with Crippen molar-refractivity contribution >= 4 is 11.3 Å². The van der Waals surface area contributed by atoms with E-state index in [1.807, 2.05) is 0 Å². The minimum atomic E-state index is -0.407. The maximum atomic E-state index is 10.2. The molecule has 1 N–H and O–H groups in total. The number of hydrogen-bond acceptors (Lipinski definition) is 4. The van der Waals surface area contributed by atoms with E-state index in [0.717, 1.165) is 19.5 Å². The van der Waals surface area contributed by atoms with Gasteiger partial charge in [0.05, 0.1) is 12.7 Å². The van der Waals surface area contributed by atoms with E-state index in [1.165, 1.54) is 4.88 Å². The van der Waals surface area contributed by atoms with Crippen molar-refractivity contribution in [1.29, 1.82) is 0 Å². The number of ether oxygens (including phenoxy) is 1. The van der Waals surface area contributed by atoms with Crippen LogP contribution in [0.15, 0.2) is 17.5 Å². The molecule has 4 heteroatoms. The Hall–Kier alpha value is -0.420. The van der Waals surface area contributed by atoms with Gasteiger partial charge in [0.25, 0.3) is 0 Å². The highest BCUT2D eigenvalue weighted by Crippen LogP contribution is 2.14. The fourth-order valence-electron chi connectivity index (χ4n) is 2.09. The quantitative estimate of drug-likeness (QED) is 0.677. The summed E-state index contributed by atoms with van der Waals surface area (Å²) in [6, 6.07) is 4.25. The first-order valence-electron chi connectivity index (χ1n) is 7.98. The van der Waals surface area contributed by atoms with Gasteiger partial charge in [-0.2, -0.15) is 0 Å². The van der Waals surface area contributed by atoms with Crippen molar-refractivity contribution in [1.82, 2.24) is 4.90 Å². The SMILES string of the molecule is CC(C)CCN(Cc1cccs1)C[C@H](O)COCC(C)C. The van der Waals surface area contributed by atoms with Crippen molar-refractivity contribution in [2.45, 2.75) is 46.8 Å². The summed E-state index contributed by atoms with van der Waals surface area (Å²) in [4.78, 5) is 3.70. The number of rotatable bonds is 11. The molecule has 122 valence electrons. The number of nitrogens with zero attached hydrogens (tertiary/aromatic N) is 1. The second-order valence-electron chi connectivity index (χ2n) is 6.58. The Balaban J connectivity index is 2.39. The van der Waals surface area contributed by atoms with Gasteiger partial charge in [-0.15, -0.1) is 11.3 Å². The average Bonchev–Trinajstić information content (AvgIpc) is 2.88.